The number of aryl methyl sites for hydroxylation is 2. The van der Waals surface area contributed by atoms with Gasteiger partial charge < -0.3 is 9.47 Å². The molecule has 0 spiro atoms. The monoisotopic (exact) mass is 416 g/mol. The molecule has 0 N–H and O–H groups in total. The molecule has 1 aromatic heterocycles. The van der Waals surface area contributed by atoms with Gasteiger partial charge in [0.1, 0.15) is 19.0 Å². The Hall–Kier alpha value is -1.79. The van der Waals surface area contributed by atoms with Gasteiger partial charge in [-0.05, 0) is 76.3 Å². The molecule has 0 aliphatic carbocycles. The fraction of sp³-hybridized carbons (Fsp3) is 0.522. The van der Waals surface area contributed by atoms with E-state index in [4.69, 9.17) is 22.1 Å². The summed E-state index contributed by atoms with van der Waals surface area (Å²) in [5, 5.41) is 0. The lowest BCUT2D eigenvalue weighted by Gasteiger charge is -2.43. The second-order valence-corrected chi connectivity index (χ2v) is 9.28. The van der Waals surface area contributed by atoms with Crippen molar-refractivity contribution in [3.8, 4) is 11.5 Å². The Morgan fingerprint density at radius 3 is 2.48 bits per heavy atom. The van der Waals surface area contributed by atoms with Crippen LogP contribution in [0.1, 0.15) is 42.3 Å². The molecule has 4 rings (SSSR count). The van der Waals surface area contributed by atoms with Gasteiger partial charge >= 0.3 is 0 Å². The van der Waals surface area contributed by atoms with E-state index in [9.17, 15) is 4.39 Å². The van der Waals surface area contributed by atoms with Crippen LogP contribution in [-0.4, -0.2) is 36.2 Å². The Morgan fingerprint density at radius 1 is 1.14 bits per heavy atom. The van der Waals surface area contributed by atoms with Gasteiger partial charge in [-0.15, -0.1) is 0 Å². The molecular formula is C23H29FN2O2S. The van der Waals surface area contributed by atoms with Crippen molar-refractivity contribution in [2.75, 3.05) is 26.3 Å². The quantitative estimate of drug-likeness (QED) is 0.735. The SMILES string of the molecule is Cc1cc(C[C@H]2CCCN([C@@](C)(S)c3cc4c(cc3F)OCCO4)C2)cc(C)n1. The van der Waals surface area contributed by atoms with E-state index in [1.807, 2.05) is 20.8 Å². The maximum Gasteiger partial charge on any atom is 0.164 e. The highest BCUT2D eigenvalue weighted by molar-refractivity contribution is 7.81. The highest BCUT2D eigenvalue weighted by atomic mass is 32.1. The standard InChI is InChI=1S/C23H29FN2O2S/c1-15-9-18(10-16(2)25-15)11-17-5-4-6-26(14-17)23(3,29)19-12-21-22(13-20(19)24)28-8-7-27-21/h9-10,12-13,17,29H,4-8,11,14H2,1-3H3/t17-,23+/m1/s1. The summed E-state index contributed by atoms with van der Waals surface area (Å²) in [5.41, 5.74) is 3.99. The molecule has 0 bridgehead atoms. The fourth-order valence-corrected chi connectivity index (χ4v) is 4.95. The fourth-order valence-electron chi connectivity index (χ4n) is 4.60. The Balaban J connectivity index is 1.54. The number of halogens is 1. The molecule has 1 fully saturated rings. The highest BCUT2D eigenvalue weighted by Crippen LogP contribution is 2.42. The maximum atomic E-state index is 14.9. The molecule has 4 nitrogen and oxygen atoms in total. The molecule has 1 aromatic carbocycles. The molecule has 156 valence electrons. The van der Waals surface area contributed by atoms with Crippen molar-refractivity contribution in [3.05, 3.63) is 52.6 Å². The minimum absolute atomic E-state index is 0.297. The van der Waals surface area contributed by atoms with Crippen LogP contribution in [0, 0.1) is 25.6 Å². The van der Waals surface area contributed by atoms with E-state index in [1.54, 1.807) is 6.07 Å². The number of rotatable bonds is 4. The number of likely N-dealkylation sites (tertiary alicyclic amines) is 1. The number of fused-ring (bicyclic) bond motifs is 1. The summed E-state index contributed by atoms with van der Waals surface area (Å²) in [5.74, 6) is 1.29. The number of benzene rings is 1. The van der Waals surface area contributed by atoms with Crippen molar-refractivity contribution in [1.82, 2.24) is 9.88 Å². The zero-order valence-electron chi connectivity index (χ0n) is 17.4. The molecule has 2 aromatic rings. The molecule has 0 saturated carbocycles. The average Bonchev–Trinajstić information content (AvgIpc) is 2.66. The molecule has 3 heterocycles. The topological polar surface area (TPSA) is 34.6 Å². The van der Waals surface area contributed by atoms with Crippen LogP contribution in [0.3, 0.4) is 0 Å². The summed E-state index contributed by atoms with van der Waals surface area (Å²) in [6.45, 7) is 8.78. The van der Waals surface area contributed by atoms with Crippen LogP contribution in [0.5, 0.6) is 11.5 Å². The molecule has 2 atom stereocenters. The van der Waals surface area contributed by atoms with Crippen LogP contribution in [-0.2, 0) is 11.3 Å². The van der Waals surface area contributed by atoms with E-state index in [0.717, 1.165) is 37.3 Å². The molecule has 6 heteroatoms. The van der Waals surface area contributed by atoms with Crippen LogP contribution in [0.4, 0.5) is 4.39 Å². The summed E-state index contributed by atoms with van der Waals surface area (Å²) in [4.78, 5) is 6.05. The minimum Gasteiger partial charge on any atom is -0.486 e. The van der Waals surface area contributed by atoms with E-state index in [1.165, 1.54) is 18.1 Å². The van der Waals surface area contributed by atoms with Crippen molar-refractivity contribution in [1.29, 1.82) is 0 Å². The van der Waals surface area contributed by atoms with E-state index < -0.39 is 4.87 Å². The largest absolute Gasteiger partial charge is 0.486 e. The third kappa shape index (κ3) is 4.38. The highest BCUT2D eigenvalue weighted by Gasteiger charge is 2.37. The van der Waals surface area contributed by atoms with Crippen molar-refractivity contribution in [3.63, 3.8) is 0 Å². The summed E-state index contributed by atoms with van der Waals surface area (Å²) >= 11 is 4.94. The molecule has 0 unspecified atom stereocenters. The van der Waals surface area contributed by atoms with Crippen molar-refractivity contribution < 1.29 is 13.9 Å². The lowest BCUT2D eigenvalue weighted by molar-refractivity contribution is 0.109. The number of nitrogens with zero attached hydrogens (tertiary/aromatic N) is 2. The van der Waals surface area contributed by atoms with Crippen LogP contribution < -0.4 is 9.47 Å². The van der Waals surface area contributed by atoms with Gasteiger partial charge in [0, 0.05) is 29.6 Å². The number of aromatic nitrogens is 1. The predicted molar refractivity (Wildman–Crippen MR) is 115 cm³/mol. The van der Waals surface area contributed by atoms with E-state index in [0.29, 0.717) is 36.2 Å². The molecule has 0 radical (unpaired) electrons. The first-order valence-electron chi connectivity index (χ1n) is 10.3. The Kier molecular flexibility index (Phi) is 5.76. The van der Waals surface area contributed by atoms with Gasteiger partial charge in [-0.3, -0.25) is 9.88 Å². The maximum absolute atomic E-state index is 14.9. The summed E-state index contributed by atoms with van der Waals surface area (Å²) < 4.78 is 26.1. The lowest BCUT2D eigenvalue weighted by Crippen LogP contribution is -2.46. The lowest BCUT2D eigenvalue weighted by atomic mass is 9.89. The summed E-state index contributed by atoms with van der Waals surface area (Å²) in [7, 11) is 0. The van der Waals surface area contributed by atoms with Crippen LogP contribution >= 0.6 is 12.6 Å². The molecule has 2 aliphatic rings. The van der Waals surface area contributed by atoms with Gasteiger partial charge in [0.2, 0.25) is 0 Å². The van der Waals surface area contributed by atoms with Gasteiger partial charge in [-0.2, -0.15) is 12.6 Å². The van der Waals surface area contributed by atoms with Crippen molar-refractivity contribution >= 4 is 12.6 Å². The first-order valence-corrected chi connectivity index (χ1v) is 10.8. The van der Waals surface area contributed by atoms with Crippen LogP contribution in [0.2, 0.25) is 0 Å². The molecule has 2 aliphatic heterocycles. The van der Waals surface area contributed by atoms with Gasteiger partial charge in [0.15, 0.2) is 11.5 Å². The van der Waals surface area contributed by atoms with Gasteiger partial charge in [0.05, 0.1) is 4.87 Å². The number of hydrogen-bond donors (Lipinski definition) is 1. The molecule has 29 heavy (non-hydrogen) atoms. The molecule has 0 amide bonds. The average molecular weight is 417 g/mol. The van der Waals surface area contributed by atoms with Crippen LogP contribution in [0.25, 0.3) is 0 Å². The van der Waals surface area contributed by atoms with E-state index in [2.05, 4.69) is 22.0 Å². The zero-order valence-corrected chi connectivity index (χ0v) is 18.3. The number of ether oxygens (including phenoxy) is 2. The Bertz CT molecular complexity index is 882. The Morgan fingerprint density at radius 2 is 1.79 bits per heavy atom. The zero-order chi connectivity index (χ0) is 20.6. The number of pyridine rings is 1. The van der Waals surface area contributed by atoms with E-state index >= 15 is 0 Å². The van der Waals surface area contributed by atoms with Crippen molar-refractivity contribution in [2.45, 2.75) is 44.9 Å². The minimum atomic E-state index is -0.720. The van der Waals surface area contributed by atoms with E-state index in [-0.39, 0.29) is 5.82 Å². The third-order valence-electron chi connectivity index (χ3n) is 5.94. The first-order chi connectivity index (χ1) is 13.8. The first kappa shape index (κ1) is 20.5. The number of hydrogen-bond acceptors (Lipinski definition) is 5. The number of thiol groups is 1. The summed E-state index contributed by atoms with van der Waals surface area (Å²) in [6, 6.07) is 7.54. The summed E-state index contributed by atoms with van der Waals surface area (Å²) in [6.07, 6.45) is 3.26. The molecular weight excluding hydrogens is 387 g/mol. The van der Waals surface area contributed by atoms with Gasteiger partial charge in [0.25, 0.3) is 0 Å². The third-order valence-corrected chi connectivity index (χ3v) is 6.47. The molecule has 1 saturated heterocycles. The van der Waals surface area contributed by atoms with Crippen molar-refractivity contribution in [2.24, 2.45) is 5.92 Å². The second kappa shape index (κ2) is 8.15. The normalized spacial score (nSPS) is 21.6. The van der Waals surface area contributed by atoms with Gasteiger partial charge in [-0.1, -0.05) is 0 Å². The van der Waals surface area contributed by atoms with Gasteiger partial charge in [-0.25, -0.2) is 4.39 Å². The Labute approximate surface area is 177 Å². The predicted octanol–water partition coefficient (Wildman–Crippen LogP) is 4.67. The van der Waals surface area contributed by atoms with Crippen LogP contribution in [0.15, 0.2) is 24.3 Å². The second-order valence-electron chi connectivity index (χ2n) is 8.41. The smallest absolute Gasteiger partial charge is 0.164 e. The number of piperidine rings is 1.